The topological polar surface area (TPSA) is 77.0 Å². The van der Waals surface area contributed by atoms with E-state index in [1.165, 1.54) is 11.5 Å². The number of aromatic nitrogens is 1. The van der Waals surface area contributed by atoms with Crippen LogP contribution in [-0.4, -0.2) is 9.92 Å². The molecule has 0 saturated carbocycles. The van der Waals surface area contributed by atoms with E-state index in [1.807, 2.05) is 19.1 Å². The number of nitrogens with zero attached hydrogens (tertiary/aromatic N) is 3. The van der Waals surface area contributed by atoms with Gasteiger partial charge >= 0.3 is 0 Å². The first-order valence-corrected chi connectivity index (χ1v) is 8.57. The zero-order chi connectivity index (χ0) is 17.8. The van der Waals surface area contributed by atoms with E-state index >= 15 is 0 Å². The van der Waals surface area contributed by atoms with Gasteiger partial charge in [0.2, 0.25) is 5.96 Å². The van der Waals surface area contributed by atoms with Gasteiger partial charge in [0.05, 0.1) is 17.3 Å². The van der Waals surface area contributed by atoms with E-state index in [9.17, 15) is 0 Å². The van der Waals surface area contributed by atoms with Crippen LogP contribution in [0.2, 0.25) is 5.02 Å². The maximum Gasteiger partial charge on any atom is 0.223 e. The average molecular weight is 368 g/mol. The van der Waals surface area contributed by atoms with Gasteiger partial charge in [-0.1, -0.05) is 23.1 Å². The summed E-state index contributed by atoms with van der Waals surface area (Å²) in [6, 6.07) is 18.1. The fourth-order valence-electron chi connectivity index (χ4n) is 2.15. The van der Waals surface area contributed by atoms with Crippen molar-refractivity contribution in [1.82, 2.24) is 3.96 Å². The van der Waals surface area contributed by atoms with Crippen LogP contribution in [0.1, 0.15) is 10.4 Å². The predicted molar refractivity (Wildman–Crippen MR) is 102 cm³/mol. The number of aliphatic imine (C=N–C) groups is 1. The molecule has 5 nitrogen and oxygen atoms in total. The highest BCUT2D eigenvalue weighted by Gasteiger charge is 2.08. The molecule has 0 aliphatic carbocycles. The standard InChI is InChI=1S/C18H14ClN5S/c1-12-10-17(21)24(25-12)18(23-16-8-4-14(19)5-9-16)22-15-6-2-13(11-20)3-7-15/h2-10,21H,1H3,(H,22,23). The Hall–Kier alpha value is -2.88. The van der Waals surface area contributed by atoms with Crippen molar-refractivity contribution in [3.05, 3.63) is 75.5 Å². The molecular formula is C18H14ClN5S. The summed E-state index contributed by atoms with van der Waals surface area (Å²) < 4.78 is 1.71. The predicted octanol–water partition coefficient (Wildman–Crippen LogP) is 4.51. The summed E-state index contributed by atoms with van der Waals surface area (Å²) in [7, 11) is 0. The van der Waals surface area contributed by atoms with Crippen LogP contribution in [0.4, 0.5) is 11.4 Å². The van der Waals surface area contributed by atoms with Crippen LogP contribution in [0.25, 0.3) is 0 Å². The van der Waals surface area contributed by atoms with Gasteiger partial charge in [-0.05, 0) is 61.5 Å². The number of hydrogen-bond acceptors (Lipinski definition) is 4. The number of halogens is 1. The molecule has 0 fully saturated rings. The largest absolute Gasteiger partial charge is 0.325 e. The van der Waals surface area contributed by atoms with Crippen molar-refractivity contribution in [1.29, 1.82) is 10.7 Å². The quantitative estimate of drug-likeness (QED) is 0.516. The summed E-state index contributed by atoms with van der Waals surface area (Å²) in [6.07, 6.45) is 0. The number of aryl methyl sites for hydroxylation is 1. The van der Waals surface area contributed by atoms with Crippen LogP contribution >= 0.6 is 23.1 Å². The highest BCUT2D eigenvalue weighted by Crippen LogP contribution is 2.18. The Morgan fingerprint density at radius 3 is 2.44 bits per heavy atom. The molecule has 0 saturated heterocycles. The number of benzene rings is 2. The Balaban J connectivity index is 2.02. The van der Waals surface area contributed by atoms with Crippen LogP contribution in [0, 0.1) is 23.7 Å². The minimum absolute atomic E-state index is 0.344. The van der Waals surface area contributed by atoms with E-state index in [4.69, 9.17) is 22.3 Å². The Labute approximate surface area is 154 Å². The van der Waals surface area contributed by atoms with Gasteiger partial charge in [0.1, 0.15) is 5.49 Å². The lowest BCUT2D eigenvalue weighted by Gasteiger charge is -2.10. The van der Waals surface area contributed by atoms with Crippen LogP contribution in [-0.2, 0) is 0 Å². The van der Waals surface area contributed by atoms with Crippen molar-refractivity contribution in [3.8, 4) is 6.07 Å². The second-order valence-corrected chi connectivity index (χ2v) is 6.88. The van der Waals surface area contributed by atoms with Crippen LogP contribution < -0.4 is 10.8 Å². The molecular weight excluding hydrogens is 354 g/mol. The summed E-state index contributed by atoms with van der Waals surface area (Å²) in [5.41, 5.74) is 2.43. The fraction of sp³-hybridized carbons (Fsp3) is 0.0556. The lowest BCUT2D eigenvalue weighted by Crippen LogP contribution is -2.28. The highest BCUT2D eigenvalue weighted by molar-refractivity contribution is 7.07. The van der Waals surface area contributed by atoms with E-state index in [0.717, 1.165) is 16.3 Å². The van der Waals surface area contributed by atoms with Crippen molar-refractivity contribution in [2.24, 2.45) is 4.99 Å². The number of nitrogens with one attached hydrogen (secondary N) is 2. The third-order valence-electron chi connectivity index (χ3n) is 3.32. The van der Waals surface area contributed by atoms with Crippen LogP contribution in [0.15, 0.2) is 59.6 Å². The molecule has 2 aromatic carbocycles. The smallest absolute Gasteiger partial charge is 0.223 e. The summed E-state index contributed by atoms with van der Waals surface area (Å²) >= 11 is 7.36. The van der Waals surface area contributed by atoms with Gasteiger partial charge < -0.3 is 5.32 Å². The minimum Gasteiger partial charge on any atom is -0.325 e. The van der Waals surface area contributed by atoms with Gasteiger partial charge in [-0.25, -0.2) is 8.95 Å². The molecule has 0 aliphatic heterocycles. The summed E-state index contributed by atoms with van der Waals surface area (Å²) in [6.45, 7) is 1.95. The van der Waals surface area contributed by atoms with E-state index < -0.39 is 0 Å². The van der Waals surface area contributed by atoms with E-state index in [1.54, 1.807) is 46.4 Å². The SMILES string of the molecule is Cc1cc(=N)n(C(=Nc2ccc(Cl)cc2)Nc2ccc(C#N)cc2)s1. The lowest BCUT2D eigenvalue weighted by molar-refractivity contribution is 1.07. The zero-order valence-corrected chi connectivity index (χ0v) is 14.9. The molecule has 124 valence electrons. The van der Waals surface area contributed by atoms with Gasteiger partial charge in [0.15, 0.2) is 0 Å². The molecule has 0 amide bonds. The molecule has 3 aromatic rings. The van der Waals surface area contributed by atoms with Crippen LogP contribution in [0.3, 0.4) is 0 Å². The summed E-state index contributed by atoms with van der Waals surface area (Å²) in [5, 5.41) is 20.9. The van der Waals surface area contributed by atoms with Crippen molar-refractivity contribution < 1.29 is 0 Å². The second kappa shape index (κ2) is 7.34. The normalized spacial score (nSPS) is 11.2. The van der Waals surface area contributed by atoms with Gasteiger partial charge in [-0.2, -0.15) is 5.26 Å². The Bertz CT molecular complexity index is 1010. The third kappa shape index (κ3) is 4.15. The number of rotatable bonds is 2. The van der Waals surface area contributed by atoms with Crippen molar-refractivity contribution >= 4 is 40.5 Å². The lowest BCUT2D eigenvalue weighted by atomic mass is 10.2. The number of anilines is 1. The monoisotopic (exact) mass is 367 g/mol. The van der Waals surface area contributed by atoms with Gasteiger partial charge in [0.25, 0.3) is 0 Å². The number of hydrogen-bond donors (Lipinski definition) is 2. The molecule has 0 aliphatic rings. The molecule has 2 N–H and O–H groups in total. The Morgan fingerprint density at radius 1 is 1.20 bits per heavy atom. The Kier molecular flexibility index (Phi) is 4.98. The maximum atomic E-state index is 8.91. The van der Waals surface area contributed by atoms with Gasteiger partial charge in [-0.3, -0.25) is 5.41 Å². The van der Waals surface area contributed by atoms with Crippen LogP contribution in [0.5, 0.6) is 0 Å². The van der Waals surface area contributed by atoms with Gasteiger partial charge in [-0.15, -0.1) is 0 Å². The Morgan fingerprint density at radius 2 is 1.88 bits per heavy atom. The zero-order valence-electron chi connectivity index (χ0n) is 13.3. The molecule has 7 heteroatoms. The van der Waals surface area contributed by atoms with Crippen molar-refractivity contribution in [2.45, 2.75) is 6.92 Å². The molecule has 3 rings (SSSR count). The first-order chi connectivity index (χ1) is 12.0. The molecule has 25 heavy (non-hydrogen) atoms. The van der Waals surface area contributed by atoms with Crippen molar-refractivity contribution in [3.63, 3.8) is 0 Å². The molecule has 1 aromatic heterocycles. The van der Waals surface area contributed by atoms with E-state index in [2.05, 4.69) is 16.4 Å². The summed E-state index contributed by atoms with van der Waals surface area (Å²) in [5.74, 6) is 0.509. The average Bonchev–Trinajstić information content (AvgIpc) is 2.95. The molecule has 1 heterocycles. The third-order valence-corrected chi connectivity index (χ3v) is 4.53. The first-order valence-electron chi connectivity index (χ1n) is 7.41. The van der Waals surface area contributed by atoms with E-state index in [-0.39, 0.29) is 0 Å². The first kappa shape index (κ1) is 17.0. The second-order valence-electron chi connectivity index (χ2n) is 5.25. The van der Waals surface area contributed by atoms with E-state index in [0.29, 0.717) is 22.0 Å². The molecule has 0 spiro atoms. The minimum atomic E-state index is 0.344. The molecule has 0 radical (unpaired) electrons. The summed E-state index contributed by atoms with van der Waals surface area (Å²) in [4.78, 5) is 5.63. The number of nitriles is 1. The fourth-order valence-corrected chi connectivity index (χ4v) is 3.05. The molecule has 0 unspecified atom stereocenters. The highest BCUT2D eigenvalue weighted by atomic mass is 35.5. The maximum absolute atomic E-state index is 8.91. The molecule has 0 bridgehead atoms. The van der Waals surface area contributed by atoms with Crippen molar-refractivity contribution in [2.75, 3.05) is 5.32 Å². The molecule has 0 atom stereocenters. The van der Waals surface area contributed by atoms with Gasteiger partial charge in [0, 0.05) is 15.6 Å².